The molecule has 1 aliphatic carbocycles. The Hall–Kier alpha value is -0.800. The summed E-state index contributed by atoms with van der Waals surface area (Å²) >= 11 is 0. The van der Waals surface area contributed by atoms with E-state index in [2.05, 4.69) is 37.2 Å². The van der Waals surface area contributed by atoms with E-state index < -0.39 is 0 Å². The Morgan fingerprint density at radius 2 is 2.35 bits per heavy atom. The van der Waals surface area contributed by atoms with Crippen molar-refractivity contribution >= 4 is 0 Å². The first kappa shape index (κ1) is 15.6. The molecule has 1 heterocycles. The third kappa shape index (κ3) is 4.35. The molecule has 1 fully saturated rings. The SMILES string of the molecule is CCNCC1(CN(C)Cc2ccoc2)CCCC(C)C1. The van der Waals surface area contributed by atoms with Crippen LogP contribution < -0.4 is 5.32 Å². The molecule has 3 nitrogen and oxygen atoms in total. The van der Waals surface area contributed by atoms with Crippen molar-refractivity contribution in [3.05, 3.63) is 24.2 Å². The van der Waals surface area contributed by atoms with Crippen molar-refractivity contribution in [3.63, 3.8) is 0 Å². The molecule has 3 heteroatoms. The lowest BCUT2D eigenvalue weighted by Crippen LogP contribution is -2.45. The third-order valence-electron chi connectivity index (χ3n) is 4.57. The van der Waals surface area contributed by atoms with Gasteiger partial charge in [0.2, 0.25) is 0 Å². The number of nitrogens with one attached hydrogen (secondary N) is 1. The zero-order valence-corrected chi connectivity index (χ0v) is 13.3. The van der Waals surface area contributed by atoms with E-state index in [0.29, 0.717) is 5.41 Å². The molecule has 20 heavy (non-hydrogen) atoms. The Morgan fingerprint density at radius 3 is 3.00 bits per heavy atom. The molecule has 1 N–H and O–H groups in total. The van der Waals surface area contributed by atoms with Gasteiger partial charge in [0.25, 0.3) is 0 Å². The highest BCUT2D eigenvalue weighted by Crippen LogP contribution is 2.39. The van der Waals surface area contributed by atoms with E-state index in [9.17, 15) is 0 Å². The summed E-state index contributed by atoms with van der Waals surface area (Å²) in [4.78, 5) is 2.46. The summed E-state index contributed by atoms with van der Waals surface area (Å²) in [6.07, 6.45) is 9.12. The van der Waals surface area contributed by atoms with Crippen molar-refractivity contribution in [3.8, 4) is 0 Å². The fourth-order valence-electron chi connectivity index (χ4n) is 3.84. The fraction of sp³-hybridized carbons (Fsp3) is 0.765. The van der Waals surface area contributed by atoms with Crippen LogP contribution in [0.1, 0.15) is 45.1 Å². The maximum absolute atomic E-state index is 5.17. The van der Waals surface area contributed by atoms with Crippen LogP contribution in [0, 0.1) is 11.3 Å². The van der Waals surface area contributed by atoms with Crippen LogP contribution in [0.5, 0.6) is 0 Å². The average Bonchev–Trinajstić information content (AvgIpc) is 2.89. The molecule has 114 valence electrons. The average molecular weight is 278 g/mol. The van der Waals surface area contributed by atoms with Gasteiger partial charge in [-0.05, 0) is 43.8 Å². The molecule has 0 radical (unpaired) electrons. The maximum Gasteiger partial charge on any atom is 0.0947 e. The topological polar surface area (TPSA) is 28.4 Å². The van der Waals surface area contributed by atoms with Crippen LogP contribution in [-0.2, 0) is 6.54 Å². The van der Waals surface area contributed by atoms with Crippen LogP contribution in [-0.4, -0.2) is 31.6 Å². The van der Waals surface area contributed by atoms with E-state index in [1.54, 1.807) is 6.26 Å². The first-order valence-corrected chi connectivity index (χ1v) is 8.04. The minimum atomic E-state index is 0.451. The lowest BCUT2D eigenvalue weighted by atomic mass is 9.69. The number of hydrogen-bond acceptors (Lipinski definition) is 3. The summed E-state index contributed by atoms with van der Waals surface area (Å²) in [5.41, 5.74) is 1.72. The van der Waals surface area contributed by atoms with Crippen LogP contribution in [0.4, 0.5) is 0 Å². The zero-order chi connectivity index (χ0) is 14.4. The van der Waals surface area contributed by atoms with Crippen LogP contribution in [0.2, 0.25) is 0 Å². The van der Waals surface area contributed by atoms with E-state index in [-0.39, 0.29) is 0 Å². The van der Waals surface area contributed by atoms with Crippen molar-refractivity contribution in [2.24, 2.45) is 11.3 Å². The molecule has 0 bridgehead atoms. The Kier molecular flexibility index (Phi) is 5.67. The summed E-state index contributed by atoms with van der Waals surface area (Å²) in [6.45, 7) is 9.00. The molecule has 2 rings (SSSR count). The minimum Gasteiger partial charge on any atom is -0.472 e. The molecule has 0 amide bonds. The van der Waals surface area contributed by atoms with Crippen molar-refractivity contribution < 1.29 is 4.42 Å². The second-order valence-electron chi connectivity index (χ2n) is 6.79. The van der Waals surface area contributed by atoms with Crippen LogP contribution in [0.3, 0.4) is 0 Å². The predicted octanol–water partition coefficient (Wildman–Crippen LogP) is 3.52. The van der Waals surface area contributed by atoms with Gasteiger partial charge in [-0.3, -0.25) is 0 Å². The van der Waals surface area contributed by atoms with Gasteiger partial charge in [0, 0.05) is 25.2 Å². The summed E-state index contributed by atoms with van der Waals surface area (Å²) in [6, 6.07) is 2.07. The highest BCUT2D eigenvalue weighted by Gasteiger charge is 2.35. The van der Waals surface area contributed by atoms with E-state index >= 15 is 0 Å². The number of furan rings is 1. The van der Waals surface area contributed by atoms with Gasteiger partial charge in [0.1, 0.15) is 0 Å². The third-order valence-corrected chi connectivity index (χ3v) is 4.57. The highest BCUT2D eigenvalue weighted by atomic mass is 16.3. The normalized spacial score (nSPS) is 27.1. The molecule has 1 aromatic heterocycles. The number of rotatable bonds is 7. The fourth-order valence-corrected chi connectivity index (χ4v) is 3.84. The van der Waals surface area contributed by atoms with E-state index in [0.717, 1.165) is 25.6 Å². The van der Waals surface area contributed by atoms with Gasteiger partial charge in [0.05, 0.1) is 12.5 Å². The summed E-state index contributed by atoms with van der Waals surface area (Å²) < 4.78 is 5.17. The predicted molar refractivity (Wildman–Crippen MR) is 83.7 cm³/mol. The van der Waals surface area contributed by atoms with Gasteiger partial charge in [-0.1, -0.05) is 26.7 Å². The zero-order valence-electron chi connectivity index (χ0n) is 13.3. The van der Waals surface area contributed by atoms with Gasteiger partial charge in [-0.2, -0.15) is 0 Å². The Morgan fingerprint density at radius 1 is 1.50 bits per heavy atom. The Balaban J connectivity index is 1.95. The van der Waals surface area contributed by atoms with Gasteiger partial charge >= 0.3 is 0 Å². The lowest BCUT2D eigenvalue weighted by molar-refractivity contribution is 0.0894. The van der Waals surface area contributed by atoms with Gasteiger partial charge in [-0.25, -0.2) is 0 Å². The summed E-state index contributed by atoms with van der Waals surface area (Å²) in [7, 11) is 2.24. The standard InChI is InChI=1S/C17H30N2O/c1-4-18-13-17(8-5-6-15(2)10-17)14-19(3)11-16-7-9-20-12-16/h7,9,12,15,18H,4-6,8,10-11,13-14H2,1-3H3. The largest absolute Gasteiger partial charge is 0.472 e. The van der Waals surface area contributed by atoms with Gasteiger partial charge < -0.3 is 14.6 Å². The molecular weight excluding hydrogens is 248 g/mol. The quantitative estimate of drug-likeness (QED) is 0.827. The van der Waals surface area contributed by atoms with E-state index in [1.165, 1.54) is 37.8 Å². The number of hydrogen-bond donors (Lipinski definition) is 1. The molecular formula is C17H30N2O. The van der Waals surface area contributed by atoms with Crippen LogP contribution >= 0.6 is 0 Å². The molecule has 2 unspecified atom stereocenters. The van der Waals surface area contributed by atoms with Crippen molar-refractivity contribution in [1.29, 1.82) is 0 Å². The molecule has 1 saturated carbocycles. The van der Waals surface area contributed by atoms with Crippen molar-refractivity contribution in [2.45, 2.75) is 46.1 Å². The monoisotopic (exact) mass is 278 g/mol. The van der Waals surface area contributed by atoms with Gasteiger partial charge in [0.15, 0.2) is 0 Å². The van der Waals surface area contributed by atoms with Crippen molar-refractivity contribution in [2.75, 3.05) is 26.7 Å². The Bertz CT molecular complexity index is 376. The summed E-state index contributed by atoms with van der Waals surface area (Å²) in [5.74, 6) is 0.865. The van der Waals surface area contributed by atoms with Crippen LogP contribution in [0.25, 0.3) is 0 Å². The van der Waals surface area contributed by atoms with E-state index in [1.807, 2.05) is 6.26 Å². The number of nitrogens with zero attached hydrogens (tertiary/aromatic N) is 1. The smallest absolute Gasteiger partial charge is 0.0947 e. The second kappa shape index (κ2) is 7.28. The molecule has 1 aliphatic rings. The molecule has 0 spiro atoms. The molecule has 0 aliphatic heterocycles. The van der Waals surface area contributed by atoms with Crippen LogP contribution in [0.15, 0.2) is 23.0 Å². The maximum atomic E-state index is 5.17. The van der Waals surface area contributed by atoms with E-state index in [4.69, 9.17) is 4.42 Å². The first-order valence-electron chi connectivity index (χ1n) is 8.04. The molecule has 2 atom stereocenters. The molecule has 0 aromatic carbocycles. The highest BCUT2D eigenvalue weighted by molar-refractivity contribution is 5.05. The van der Waals surface area contributed by atoms with Gasteiger partial charge in [-0.15, -0.1) is 0 Å². The first-order chi connectivity index (χ1) is 9.63. The Labute approximate surface area is 123 Å². The molecule has 0 saturated heterocycles. The second-order valence-corrected chi connectivity index (χ2v) is 6.79. The lowest BCUT2D eigenvalue weighted by Gasteiger charge is -2.42. The minimum absolute atomic E-state index is 0.451. The summed E-state index contributed by atoms with van der Waals surface area (Å²) in [5, 5.41) is 3.60. The van der Waals surface area contributed by atoms with Crippen molar-refractivity contribution in [1.82, 2.24) is 10.2 Å². The molecule has 1 aromatic rings.